The third-order valence-corrected chi connectivity index (χ3v) is 4.27. The summed E-state index contributed by atoms with van der Waals surface area (Å²) in [5, 5.41) is 14.6. The normalized spacial score (nSPS) is 14.8. The number of nitro groups is 1. The maximum atomic E-state index is 11.5. The lowest BCUT2D eigenvalue weighted by molar-refractivity contribution is -0.383. The fraction of sp³-hybridized carbons (Fsp3) is 0.412. The molecule has 132 valence electrons. The van der Waals surface area contributed by atoms with Crippen LogP contribution < -0.4 is 16.0 Å². The average Bonchev–Trinajstić information content (AvgIpc) is 2.89. The van der Waals surface area contributed by atoms with Crippen molar-refractivity contribution in [3.8, 4) is 0 Å². The number of hydrogen-bond donors (Lipinski definition) is 2. The van der Waals surface area contributed by atoms with Gasteiger partial charge in [0, 0.05) is 19.6 Å². The number of nitrogens with zero attached hydrogens (tertiary/aromatic N) is 4. The largest absolute Gasteiger partial charge is 0.378 e. The predicted octanol–water partition coefficient (Wildman–Crippen LogP) is 2.96. The Labute approximate surface area is 146 Å². The Morgan fingerprint density at radius 2 is 1.80 bits per heavy atom. The fourth-order valence-corrected chi connectivity index (χ4v) is 2.99. The van der Waals surface area contributed by atoms with Crippen molar-refractivity contribution in [2.24, 2.45) is 0 Å². The van der Waals surface area contributed by atoms with E-state index in [-0.39, 0.29) is 11.5 Å². The van der Waals surface area contributed by atoms with E-state index in [2.05, 4.69) is 15.3 Å². The van der Waals surface area contributed by atoms with E-state index >= 15 is 0 Å². The van der Waals surface area contributed by atoms with E-state index in [0.717, 1.165) is 44.3 Å². The molecule has 0 atom stereocenters. The van der Waals surface area contributed by atoms with Crippen LogP contribution in [0.3, 0.4) is 0 Å². The van der Waals surface area contributed by atoms with Crippen LogP contribution in [0, 0.1) is 10.1 Å². The van der Waals surface area contributed by atoms with Crippen LogP contribution in [0.1, 0.15) is 31.2 Å². The summed E-state index contributed by atoms with van der Waals surface area (Å²) in [6.45, 7) is 2.02. The quantitative estimate of drug-likeness (QED) is 0.635. The molecule has 1 aliphatic rings. The number of anilines is 3. The molecule has 3 rings (SSSR count). The molecule has 0 aliphatic carbocycles. The van der Waals surface area contributed by atoms with Gasteiger partial charge in [0.05, 0.1) is 4.92 Å². The summed E-state index contributed by atoms with van der Waals surface area (Å²) in [7, 11) is 0. The van der Waals surface area contributed by atoms with Gasteiger partial charge in [0.15, 0.2) is 0 Å². The number of benzene rings is 1. The monoisotopic (exact) mass is 342 g/mol. The Balaban J connectivity index is 1.88. The predicted molar refractivity (Wildman–Crippen MR) is 97.5 cm³/mol. The van der Waals surface area contributed by atoms with Gasteiger partial charge in [-0.25, -0.2) is 0 Å². The van der Waals surface area contributed by atoms with Gasteiger partial charge in [-0.3, -0.25) is 10.1 Å². The van der Waals surface area contributed by atoms with Crippen LogP contribution >= 0.6 is 0 Å². The highest BCUT2D eigenvalue weighted by molar-refractivity contribution is 5.71. The van der Waals surface area contributed by atoms with Crippen molar-refractivity contribution in [2.45, 2.75) is 32.2 Å². The van der Waals surface area contributed by atoms with Crippen molar-refractivity contribution in [1.82, 2.24) is 9.97 Å². The molecule has 1 aromatic heterocycles. The topological polar surface area (TPSA) is 110 Å². The highest BCUT2D eigenvalue weighted by Gasteiger charge is 2.27. The molecule has 3 N–H and O–H groups in total. The highest BCUT2D eigenvalue weighted by atomic mass is 16.6. The maximum absolute atomic E-state index is 11.5. The van der Waals surface area contributed by atoms with Crippen molar-refractivity contribution in [3.63, 3.8) is 0 Å². The first-order valence-electron chi connectivity index (χ1n) is 8.50. The number of hydrogen-bond acceptors (Lipinski definition) is 7. The SMILES string of the molecule is Nc1nc(NCc2ccccc2)nc(N2CCCCCC2)c1[N+](=O)[O-]. The lowest BCUT2D eigenvalue weighted by Gasteiger charge is -2.22. The lowest BCUT2D eigenvalue weighted by atomic mass is 10.2. The summed E-state index contributed by atoms with van der Waals surface area (Å²) in [4.78, 5) is 21.4. The average molecular weight is 342 g/mol. The second kappa shape index (κ2) is 7.78. The van der Waals surface area contributed by atoms with E-state index in [1.165, 1.54) is 0 Å². The smallest absolute Gasteiger partial charge is 0.353 e. The number of nitrogens with one attached hydrogen (secondary N) is 1. The van der Waals surface area contributed by atoms with Crippen molar-refractivity contribution >= 4 is 23.3 Å². The van der Waals surface area contributed by atoms with Gasteiger partial charge in [-0.15, -0.1) is 0 Å². The molecule has 25 heavy (non-hydrogen) atoms. The molecule has 0 unspecified atom stereocenters. The van der Waals surface area contributed by atoms with Crippen LogP contribution in [0.4, 0.5) is 23.3 Å². The first kappa shape index (κ1) is 16.9. The van der Waals surface area contributed by atoms with Gasteiger partial charge in [-0.2, -0.15) is 9.97 Å². The molecule has 2 heterocycles. The van der Waals surface area contributed by atoms with Gasteiger partial charge in [0.25, 0.3) is 0 Å². The van der Waals surface area contributed by atoms with Crippen LogP contribution in [-0.2, 0) is 6.54 Å². The standard InChI is InChI=1S/C17H22N6O2/c18-15-14(23(24)25)16(22-10-6-1-2-7-11-22)21-17(20-15)19-12-13-8-4-3-5-9-13/h3-5,8-9H,1-2,6-7,10-12H2,(H3,18,19,20,21). The Hall–Kier alpha value is -2.90. The van der Waals surface area contributed by atoms with E-state index in [9.17, 15) is 10.1 Å². The van der Waals surface area contributed by atoms with E-state index in [1.807, 2.05) is 35.2 Å². The zero-order valence-corrected chi connectivity index (χ0v) is 14.0. The van der Waals surface area contributed by atoms with Gasteiger partial charge < -0.3 is 16.0 Å². The Kier molecular flexibility index (Phi) is 5.27. The second-order valence-corrected chi connectivity index (χ2v) is 6.10. The third kappa shape index (κ3) is 4.14. The van der Waals surface area contributed by atoms with E-state index < -0.39 is 4.92 Å². The van der Waals surface area contributed by atoms with Crippen molar-refractivity contribution in [3.05, 3.63) is 46.0 Å². The molecule has 8 nitrogen and oxygen atoms in total. The summed E-state index contributed by atoms with van der Waals surface area (Å²) in [5.74, 6) is 0.524. The van der Waals surface area contributed by atoms with Gasteiger partial charge in [-0.1, -0.05) is 43.2 Å². The molecule has 1 aliphatic heterocycles. The molecule has 0 bridgehead atoms. The molecule has 8 heteroatoms. The third-order valence-electron chi connectivity index (χ3n) is 4.27. The molecule has 1 saturated heterocycles. The highest BCUT2D eigenvalue weighted by Crippen LogP contribution is 2.33. The number of nitrogen functional groups attached to an aromatic ring is 1. The van der Waals surface area contributed by atoms with E-state index in [0.29, 0.717) is 18.3 Å². The zero-order valence-electron chi connectivity index (χ0n) is 14.0. The summed E-state index contributed by atoms with van der Waals surface area (Å²) in [6, 6.07) is 9.81. The molecular formula is C17H22N6O2. The Morgan fingerprint density at radius 3 is 2.44 bits per heavy atom. The molecule has 0 radical (unpaired) electrons. The molecule has 1 aromatic carbocycles. The van der Waals surface area contributed by atoms with E-state index in [4.69, 9.17) is 5.73 Å². The summed E-state index contributed by atoms with van der Waals surface area (Å²) in [6.07, 6.45) is 4.25. The first-order chi connectivity index (χ1) is 12.1. The van der Waals surface area contributed by atoms with Gasteiger partial charge >= 0.3 is 5.69 Å². The van der Waals surface area contributed by atoms with Crippen molar-refractivity contribution in [2.75, 3.05) is 29.0 Å². The number of rotatable bonds is 5. The van der Waals surface area contributed by atoms with Gasteiger partial charge in [-0.05, 0) is 18.4 Å². The zero-order chi connectivity index (χ0) is 17.6. The van der Waals surface area contributed by atoms with Crippen LogP contribution in [-0.4, -0.2) is 28.0 Å². The van der Waals surface area contributed by atoms with Gasteiger partial charge in [0.1, 0.15) is 0 Å². The second-order valence-electron chi connectivity index (χ2n) is 6.10. The molecule has 0 amide bonds. The minimum atomic E-state index is -0.490. The van der Waals surface area contributed by atoms with Crippen molar-refractivity contribution < 1.29 is 4.92 Å². The van der Waals surface area contributed by atoms with E-state index in [1.54, 1.807) is 0 Å². The summed E-state index contributed by atoms with van der Waals surface area (Å²) < 4.78 is 0. The summed E-state index contributed by atoms with van der Waals surface area (Å²) >= 11 is 0. The van der Waals surface area contributed by atoms with Crippen LogP contribution in [0.5, 0.6) is 0 Å². The molecule has 0 saturated carbocycles. The molecule has 0 spiro atoms. The molecule has 1 fully saturated rings. The molecule has 2 aromatic rings. The van der Waals surface area contributed by atoms with Crippen LogP contribution in [0.15, 0.2) is 30.3 Å². The lowest BCUT2D eigenvalue weighted by Crippen LogP contribution is -2.27. The Morgan fingerprint density at radius 1 is 1.12 bits per heavy atom. The maximum Gasteiger partial charge on any atom is 0.353 e. The first-order valence-corrected chi connectivity index (χ1v) is 8.50. The minimum absolute atomic E-state index is 0.102. The number of nitrogens with two attached hydrogens (primary N) is 1. The van der Waals surface area contributed by atoms with Crippen molar-refractivity contribution in [1.29, 1.82) is 0 Å². The number of aromatic nitrogens is 2. The molecular weight excluding hydrogens is 320 g/mol. The van der Waals surface area contributed by atoms with Gasteiger partial charge in [0.2, 0.25) is 17.6 Å². The summed E-state index contributed by atoms with van der Waals surface area (Å²) in [5.41, 5.74) is 6.75. The van der Waals surface area contributed by atoms with Crippen LogP contribution in [0.25, 0.3) is 0 Å². The Bertz CT molecular complexity index is 729. The van der Waals surface area contributed by atoms with Crippen LogP contribution in [0.2, 0.25) is 0 Å². The fourth-order valence-electron chi connectivity index (χ4n) is 2.99. The minimum Gasteiger partial charge on any atom is -0.378 e.